The van der Waals surface area contributed by atoms with Crippen molar-refractivity contribution in [1.29, 1.82) is 0 Å². The van der Waals surface area contributed by atoms with Crippen LogP contribution >= 0.6 is 0 Å². The number of benzene rings is 3. The van der Waals surface area contributed by atoms with Gasteiger partial charge in [-0.15, -0.1) is 10.1 Å². The summed E-state index contributed by atoms with van der Waals surface area (Å²) in [6.45, 7) is 6.98. The second-order valence-corrected chi connectivity index (χ2v) is 11.9. The number of para-hydroxylation sites is 2. The molecule has 13 heteroatoms. The molecule has 0 aliphatic carbocycles. The number of ether oxygens (including phenoxy) is 6. The molecular weight excluding hydrogens is 646 g/mol. The van der Waals surface area contributed by atoms with Crippen molar-refractivity contribution in [3.63, 3.8) is 0 Å². The van der Waals surface area contributed by atoms with E-state index in [2.05, 4.69) is 15.5 Å². The predicted octanol–water partition coefficient (Wildman–Crippen LogP) is 4.49. The molecule has 50 heavy (non-hydrogen) atoms. The van der Waals surface area contributed by atoms with E-state index >= 15 is 0 Å². The van der Waals surface area contributed by atoms with Crippen LogP contribution in [0.4, 0.5) is 0 Å². The molecule has 13 nitrogen and oxygen atoms in total. The monoisotopic (exact) mass is 695 g/mol. The van der Waals surface area contributed by atoms with Crippen molar-refractivity contribution >= 4 is 5.91 Å². The molecule has 1 amide bonds. The normalized spacial score (nSPS) is 17.8. The smallest absolute Gasteiger partial charge is 0.294 e. The van der Waals surface area contributed by atoms with Gasteiger partial charge in [0.05, 0.1) is 52.4 Å². The molecule has 4 rings (SSSR count). The van der Waals surface area contributed by atoms with Gasteiger partial charge in [0.1, 0.15) is 30.0 Å². The fourth-order valence-corrected chi connectivity index (χ4v) is 5.77. The summed E-state index contributed by atoms with van der Waals surface area (Å²) < 4.78 is 35.8. The van der Waals surface area contributed by atoms with Crippen LogP contribution in [0.25, 0.3) is 0 Å². The summed E-state index contributed by atoms with van der Waals surface area (Å²) in [4.78, 5) is 26.8. The lowest BCUT2D eigenvalue weighted by atomic mass is 9.85. The minimum atomic E-state index is -0.806. The standard InChI is InChI=1S/C37H49N3O10/c1-27(50-40(42)43)25-49-36-24-38-23-35(48-22-21-47-34-12-7-4-9-29(34)17-18-39-28(2)41)37(36)30-13-15-32(16-14-30)46-20-8-19-45-26-31-10-5-6-11-33(31)44-3/h4-7,9-16,27,35-38H,8,17-26H2,1-3H3,(H,39,41)/t27-,35?,36?,37?/m1/s1. The van der Waals surface area contributed by atoms with Gasteiger partial charge in [0.2, 0.25) is 5.91 Å². The fraction of sp³-hybridized carbons (Fsp3) is 0.486. The van der Waals surface area contributed by atoms with Crippen molar-refractivity contribution in [3.05, 3.63) is 99.6 Å². The van der Waals surface area contributed by atoms with Gasteiger partial charge in [-0.1, -0.05) is 48.5 Å². The minimum Gasteiger partial charge on any atom is -0.496 e. The number of rotatable bonds is 22. The summed E-state index contributed by atoms with van der Waals surface area (Å²) in [6.07, 6.45) is 0.0738. The SMILES string of the molecule is COc1ccccc1COCCCOc1ccc(C2C(OCCOc3ccccc3CCNC(C)=O)CNCC2OC[C@@H](C)O[N+](=O)[O-])cc1. The van der Waals surface area contributed by atoms with Gasteiger partial charge >= 0.3 is 0 Å². The van der Waals surface area contributed by atoms with Crippen LogP contribution in [0.2, 0.25) is 0 Å². The molecule has 1 saturated heterocycles. The average Bonchev–Trinajstić information content (AvgIpc) is 3.11. The maximum Gasteiger partial charge on any atom is 0.294 e. The molecular formula is C37H49N3O10. The molecule has 0 radical (unpaired) electrons. The molecule has 3 aromatic carbocycles. The van der Waals surface area contributed by atoms with Crippen molar-refractivity contribution in [2.45, 2.75) is 57.5 Å². The predicted molar refractivity (Wildman–Crippen MR) is 186 cm³/mol. The topological polar surface area (TPSA) is 149 Å². The third-order valence-electron chi connectivity index (χ3n) is 8.13. The van der Waals surface area contributed by atoms with Gasteiger partial charge in [-0.05, 0) is 48.7 Å². The molecule has 1 heterocycles. The first kappa shape index (κ1) is 38.4. The van der Waals surface area contributed by atoms with E-state index < -0.39 is 11.2 Å². The Morgan fingerprint density at radius 1 is 0.900 bits per heavy atom. The number of nitrogens with one attached hydrogen (secondary N) is 2. The number of hydrogen-bond donors (Lipinski definition) is 2. The Kier molecular flexibility index (Phi) is 16.1. The molecule has 1 aliphatic rings. The van der Waals surface area contributed by atoms with Crippen molar-refractivity contribution in [1.82, 2.24) is 10.6 Å². The van der Waals surface area contributed by atoms with E-state index in [0.717, 1.165) is 40.4 Å². The van der Waals surface area contributed by atoms with Crippen LogP contribution in [0, 0.1) is 10.1 Å². The number of piperidine rings is 1. The van der Waals surface area contributed by atoms with Gasteiger partial charge in [-0.3, -0.25) is 4.79 Å². The zero-order chi connectivity index (χ0) is 35.6. The van der Waals surface area contributed by atoms with Gasteiger partial charge < -0.3 is 43.9 Å². The largest absolute Gasteiger partial charge is 0.496 e. The number of hydrogen-bond acceptors (Lipinski definition) is 11. The molecule has 4 atom stereocenters. The van der Waals surface area contributed by atoms with E-state index in [0.29, 0.717) is 59.1 Å². The summed E-state index contributed by atoms with van der Waals surface area (Å²) in [5.41, 5.74) is 3.00. The summed E-state index contributed by atoms with van der Waals surface area (Å²) >= 11 is 0. The van der Waals surface area contributed by atoms with E-state index in [1.165, 1.54) is 6.92 Å². The van der Waals surface area contributed by atoms with E-state index in [-0.39, 0.29) is 30.6 Å². The summed E-state index contributed by atoms with van der Waals surface area (Å²) in [6, 6.07) is 23.4. The number of nitrogens with zero attached hydrogens (tertiary/aromatic N) is 1. The van der Waals surface area contributed by atoms with Crippen LogP contribution in [0.5, 0.6) is 17.2 Å². The molecule has 2 N–H and O–H groups in total. The van der Waals surface area contributed by atoms with Crippen LogP contribution in [-0.4, -0.2) is 89.1 Å². The van der Waals surface area contributed by atoms with Gasteiger partial charge in [0.25, 0.3) is 5.09 Å². The second kappa shape index (κ2) is 20.9. The van der Waals surface area contributed by atoms with Crippen molar-refractivity contribution in [2.75, 3.05) is 59.8 Å². The summed E-state index contributed by atoms with van der Waals surface area (Å²) in [5, 5.41) is 16.2. The summed E-state index contributed by atoms with van der Waals surface area (Å²) in [7, 11) is 1.65. The van der Waals surface area contributed by atoms with Crippen molar-refractivity contribution < 1.29 is 43.1 Å². The maximum absolute atomic E-state index is 11.3. The maximum atomic E-state index is 11.3. The fourth-order valence-electron chi connectivity index (χ4n) is 5.77. The molecule has 3 unspecified atom stereocenters. The lowest BCUT2D eigenvalue weighted by Gasteiger charge is -2.39. The first-order valence-electron chi connectivity index (χ1n) is 17.0. The zero-order valence-electron chi connectivity index (χ0n) is 29.0. The Labute approximate surface area is 293 Å². The number of carbonyl (C=O) groups excluding carboxylic acids is 1. The lowest BCUT2D eigenvalue weighted by Crippen LogP contribution is -2.51. The van der Waals surface area contributed by atoms with Crippen LogP contribution in [0.1, 0.15) is 42.9 Å². The molecule has 3 aromatic rings. The van der Waals surface area contributed by atoms with E-state index in [4.69, 9.17) is 28.4 Å². The van der Waals surface area contributed by atoms with Crippen LogP contribution in [0.15, 0.2) is 72.8 Å². The average molecular weight is 696 g/mol. The molecule has 0 saturated carbocycles. The Morgan fingerprint density at radius 3 is 2.32 bits per heavy atom. The Bertz CT molecular complexity index is 1460. The van der Waals surface area contributed by atoms with Crippen LogP contribution < -0.4 is 24.8 Å². The molecule has 0 spiro atoms. The Balaban J connectivity index is 1.31. The van der Waals surface area contributed by atoms with Crippen molar-refractivity contribution in [2.24, 2.45) is 0 Å². The first-order chi connectivity index (χ1) is 24.3. The molecule has 1 aliphatic heterocycles. The Hall–Kier alpha value is -4.43. The van der Waals surface area contributed by atoms with E-state index in [1.807, 2.05) is 72.8 Å². The number of carbonyl (C=O) groups is 1. The first-order valence-corrected chi connectivity index (χ1v) is 17.0. The zero-order valence-corrected chi connectivity index (χ0v) is 29.0. The third kappa shape index (κ3) is 12.8. The minimum absolute atomic E-state index is 0.0508. The van der Waals surface area contributed by atoms with E-state index in [1.54, 1.807) is 14.0 Å². The van der Waals surface area contributed by atoms with Crippen LogP contribution in [0.3, 0.4) is 0 Å². The Morgan fingerprint density at radius 2 is 1.60 bits per heavy atom. The molecule has 272 valence electrons. The van der Waals surface area contributed by atoms with Gasteiger partial charge in [0, 0.05) is 44.5 Å². The molecule has 0 bridgehead atoms. The molecule has 0 aromatic heterocycles. The lowest BCUT2D eigenvalue weighted by molar-refractivity contribution is -0.768. The highest BCUT2D eigenvalue weighted by molar-refractivity contribution is 5.72. The highest BCUT2D eigenvalue weighted by atomic mass is 17.0. The molecule has 1 fully saturated rings. The highest BCUT2D eigenvalue weighted by Gasteiger charge is 2.36. The van der Waals surface area contributed by atoms with Gasteiger partial charge in [0.15, 0.2) is 0 Å². The number of methoxy groups -OCH3 is 1. The second-order valence-electron chi connectivity index (χ2n) is 11.9. The number of amides is 1. The quantitative estimate of drug-likeness (QED) is 0.0870. The van der Waals surface area contributed by atoms with Crippen molar-refractivity contribution in [3.8, 4) is 17.2 Å². The van der Waals surface area contributed by atoms with Gasteiger partial charge in [-0.25, -0.2) is 0 Å². The van der Waals surface area contributed by atoms with Gasteiger partial charge in [-0.2, -0.15) is 0 Å². The van der Waals surface area contributed by atoms with Crippen LogP contribution in [-0.2, 0) is 36.9 Å². The summed E-state index contributed by atoms with van der Waals surface area (Å²) in [5.74, 6) is 2.06. The highest BCUT2D eigenvalue weighted by Crippen LogP contribution is 2.32. The third-order valence-corrected chi connectivity index (χ3v) is 8.13. The van der Waals surface area contributed by atoms with E-state index in [9.17, 15) is 14.9 Å².